The molecule has 0 atom stereocenters. The van der Waals surface area contributed by atoms with Crippen LogP contribution in [0.2, 0.25) is 0 Å². The van der Waals surface area contributed by atoms with Crippen molar-refractivity contribution in [2.75, 3.05) is 32.7 Å². The van der Waals surface area contributed by atoms with Crippen molar-refractivity contribution in [1.29, 1.82) is 0 Å². The van der Waals surface area contributed by atoms with Crippen LogP contribution >= 0.6 is 0 Å². The van der Waals surface area contributed by atoms with Gasteiger partial charge in [0.1, 0.15) is 0 Å². The van der Waals surface area contributed by atoms with Crippen molar-refractivity contribution in [3.05, 3.63) is 34.2 Å². The topological polar surface area (TPSA) is 63.9 Å². The number of rotatable bonds is 3. The average molecular weight is 246 g/mol. The summed E-state index contributed by atoms with van der Waals surface area (Å²) in [5.41, 5.74) is 2.94. The highest BCUT2D eigenvalue weighted by molar-refractivity contribution is 5.78. The number of aromatic amines is 2. The summed E-state index contributed by atoms with van der Waals surface area (Å²) >= 11 is 0. The van der Waals surface area contributed by atoms with Crippen LogP contribution < -0.4 is 11.0 Å². The van der Waals surface area contributed by atoms with Crippen molar-refractivity contribution in [2.24, 2.45) is 0 Å². The fourth-order valence-corrected chi connectivity index (χ4v) is 2.54. The van der Waals surface area contributed by atoms with Gasteiger partial charge < -0.3 is 20.2 Å². The van der Waals surface area contributed by atoms with E-state index in [0.29, 0.717) is 0 Å². The first kappa shape index (κ1) is 11.5. The molecule has 1 aliphatic rings. The summed E-state index contributed by atoms with van der Waals surface area (Å²) in [7, 11) is 0. The first-order valence-electron chi connectivity index (χ1n) is 6.46. The van der Waals surface area contributed by atoms with Crippen LogP contribution in [-0.4, -0.2) is 47.6 Å². The van der Waals surface area contributed by atoms with Crippen LogP contribution in [0.25, 0.3) is 11.0 Å². The maximum absolute atomic E-state index is 11.3. The quantitative estimate of drug-likeness (QED) is 0.730. The summed E-state index contributed by atoms with van der Waals surface area (Å²) in [4.78, 5) is 19.5. The highest BCUT2D eigenvalue weighted by atomic mass is 16.1. The minimum atomic E-state index is -0.125. The van der Waals surface area contributed by atoms with Gasteiger partial charge in [-0.15, -0.1) is 0 Å². The van der Waals surface area contributed by atoms with E-state index >= 15 is 0 Å². The molecule has 0 saturated carbocycles. The lowest BCUT2D eigenvalue weighted by Crippen LogP contribution is -2.44. The summed E-state index contributed by atoms with van der Waals surface area (Å²) in [6.45, 7) is 5.42. The van der Waals surface area contributed by atoms with Crippen molar-refractivity contribution < 1.29 is 0 Å². The number of hydrogen-bond donors (Lipinski definition) is 3. The molecular formula is C13H18N4O. The minimum absolute atomic E-state index is 0.125. The van der Waals surface area contributed by atoms with E-state index in [1.165, 1.54) is 5.56 Å². The van der Waals surface area contributed by atoms with E-state index in [-0.39, 0.29) is 5.69 Å². The largest absolute Gasteiger partial charge is 0.323 e. The molecule has 3 rings (SSSR count). The Morgan fingerprint density at radius 3 is 2.83 bits per heavy atom. The monoisotopic (exact) mass is 246 g/mol. The van der Waals surface area contributed by atoms with Crippen LogP contribution in [0.3, 0.4) is 0 Å². The van der Waals surface area contributed by atoms with Crippen LogP contribution in [0.4, 0.5) is 0 Å². The second kappa shape index (κ2) is 4.96. The Labute approximate surface area is 105 Å². The maximum Gasteiger partial charge on any atom is 0.323 e. The first-order chi connectivity index (χ1) is 8.83. The lowest BCUT2D eigenvalue weighted by molar-refractivity contribution is 0.244. The fraction of sp³-hybridized carbons (Fsp3) is 0.462. The smallest absolute Gasteiger partial charge is 0.314 e. The number of imidazole rings is 1. The molecule has 2 aromatic rings. The van der Waals surface area contributed by atoms with E-state index in [2.05, 4.69) is 26.3 Å². The summed E-state index contributed by atoms with van der Waals surface area (Å²) in [5, 5.41) is 3.35. The van der Waals surface area contributed by atoms with Gasteiger partial charge in [-0.2, -0.15) is 0 Å². The van der Waals surface area contributed by atoms with Crippen LogP contribution in [0.15, 0.2) is 23.0 Å². The van der Waals surface area contributed by atoms with Gasteiger partial charge >= 0.3 is 5.69 Å². The molecule has 18 heavy (non-hydrogen) atoms. The summed E-state index contributed by atoms with van der Waals surface area (Å²) < 4.78 is 0. The van der Waals surface area contributed by atoms with Gasteiger partial charge in [0.15, 0.2) is 0 Å². The molecule has 5 heteroatoms. The lowest BCUT2D eigenvalue weighted by Gasteiger charge is -2.27. The van der Waals surface area contributed by atoms with E-state index in [1.807, 2.05) is 12.1 Å². The lowest BCUT2D eigenvalue weighted by atomic mass is 10.1. The SMILES string of the molecule is O=c1[nH]c2cccc(CCN3CCNCC3)c2[nH]1. The number of para-hydroxylation sites is 1. The van der Waals surface area contributed by atoms with Crippen molar-refractivity contribution >= 4 is 11.0 Å². The molecule has 2 heterocycles. The third kappa shape index (κ3) is 2.32. The molecule has 0 radical (unpaired) electrons. The summed E-state index contributed by atoms with van der Waals surface area (Å²) in [5.74, 6) is 0. The van der Waals surface area contributed by atoms with E-state index in [1.54, 1.807) is 0 Å². The molecule has 0 amide bonds. The Bertz CT molecular complexity index is 580. The zero-order chi connectivity index (χ0) is 12.4. The van der Waals surface area contributed by atoms with Crippen LogP contribution in [0, 0.1) is 0 Å². The number of nitrogens with zero attached hydrogens (tertiary/aromatic N) is 1. The standard InChI is InChI=1S/C13H18N4O/c18-13-15-11-3-1-2-10(12(11)16-13)4-7-17-8-5-14-6-9-17/h1-3,14H,4-9H2,(H2,15,16,18). The van der Waals surface area contributed by atoms with Crippen molar-refractivity contribution in [3.8, 4) is 0 Å². The molecule has 1 aliphatic heterocycles. The fourth-order valence-electron chi connectivity index (χ4n) is 2.54. The second-order valence-electron chi connectivity index (χ2n) is 4.76. The second-order valence-corrected chi connectivity index (χ2v) is 4.76. The molecule has 1 saturated heterocycles. The maximum atomic E-state index is 11.3. The normalized spacial score (nSPS) is 17.3. The number of piperazine rings is 1. The van der Waals surface area contributed by atoms with E-state index in [0.717, 1.165) is 50.2 Å². The Morgan fingerprint density at radius 2 is 2.00 bits per heavy atom. The number of fused-ring (bicyclic) bond motifs is 1. The number of nitrogens with one attached hydrogen (secondary N) is 3. The number of hydrogen-bond acceptors (Lipinski definition) is 3. The van der Waals surface area contributed by atoms with E-state index < -0.39 is 0 Å². The van der Waals surface area contributed by atoms with Gasteiger partial charge in [0.2, 0.25) is 0 Å². The molecule has 0 aliphatic carbocycles. The minimum Gasteiger partial charge on any atom is -0.314 e. The molecule has 0 unspecified atom stereocenters. The van der Waals surface area contributed by atoms with E-state index in [4.69, 9.17) is 0 Å². The van der Waals surface area contributed by atoms with Crippen molar-refractivity contribution in [1.82, 2.24) is 20.2 Å². The van der Waals surface area contributed by atoms with Crippen LogP contribution in [0.5, 0.6) is 0 Å². The molecule has 0 spiro atoms. The first-order valence-corrected chi connectivity index (χ1v) is 6.46. The molecule has 3 N–H and O–H groups in total. The van der Waals surface area contributed by atoms with Gasteiger partial charge in [0, 0.05) is 32.7 Å². The third-order valence-corrected chi connectivity index (χ3v) is 3.54. The van der Waals surface area contributed by atoms with Gasteiger partial charge in [-0.05, 0) is 18.1 Å². The van der Waals surface area contributed by atoms with Crippen LogP contribution in [-0.2, 0) is 6.42 Å². The van der Waals surface area contributed by atoms with Gasteiger partial charge in [-0.1, -0.05) is 12.1 Å². The summed E-state index contributed by atoms with van der Waals surface area (Å²) in [6, 6.07) is 6.02. The van der Waals surface area contributed by atoms with E-state index in [9.17, 15) is 4.79 Å². The summed E-state index contributed by atoms with van der Waals surface area (Å²) in [6.07, 6.45) is 0.977. The van der Waals surface area contributed by atoms with Crippen molar-refractivity contribution in [3.63, 3.8) is 0 Å². The highest BCUT2D eigenvalue weighted by Crippen LogP contribution is 2.14. The molecule has 1 aromatic heterocycles. The van der Waals surface area contributed by atoms with Gasteiger partial charge in [0.05, 0.1) is 11.0 Å². The molecule has 0 bridgehead atoms. The zero-order valence-electron chi connectivity index (χ0n) is 10.3. The predicted octanol–water partition coefficient (Wildman–Crippen LogP) is 0.304. The number of H-pyrrole nitrogens is 2. The predicted molar refractivity (Wildman–Crippen MR) is 71.9 cm³/mol. The number of benzene rings is 1. The average Bonchev–Trinajstić information content (AvgIpc) is 2.78. The Balaban J connectivity index is 1.75. The van der Waals surface area contributed by atoms with Gasteiger partial charge in [0.25, 0.3) is 0 Å². The van der Waals surface area contributed by atoms with Crippen LogP contribution in [0.1, 0.15) is 5.56 Å². The molecule has 96 valence electrons. The Morgan fingerprint density at radius 1 is 1.17 bits per heavy atom. The molecule has 5 nitrogen and oxygen atoms in total. The van der Waals surface area contributed by atoms with Crippen molar-refractivity contribution in [2.45, 2.75) is 6.42 Å². The van der Waals surface area contributed by atoms with Gasteiger partial charge in [-0.3, -0.25) is 0 Å². The Kier molecular flexibility index (Phi) is 3.17. The third-order valence-electron chi connectivity index (χ3n) is 3.54. The number of aromatic nitrogens is 2. The highest BCUT2D eigenvalue weighted by Gasteiger charge is 2.10. The Hall–Kier alpha value is -1.59. The molecule has 1 fully saturated rings. The van der Waals surface area contributed by atoms with Gasteiger partial charge in [-0.25, -0.2) is 4.79 Å². The zero-order valence-corrected chi connectivity index (χ0v) is 10.3. The molecular weight excluding hydrogens is 228 g/mol. The molecule has 1 aromatic carbocycles.